The summed E-state index contributed by atoms with van der Waals surface area (Å²) in [5.41, 5.74) is -3.58. The van der Waals surface area contributed by atoms with Gasteiger partial charge in [-0.15, -0.1) is 0 Å². The number of hydrogen-bond donors (Lipinski definition) is 0. The normalized spacial score (nSPS) is 25.0. The topological polar surface area (TPSA) is 127 Å². The molecule has 0 radical (unpaired) electrons. The predicted molar refractivity (Wildman–Crippen MR) is 149 cm³/mol. The number of hydrogen-bond acceptors (Lipinski definition) is 10. The van der Waals surface area contributed by atoms with Crippen LogP contribution in [-0.4, -0.2) is 65.7 Å². The van der Waals surface area contributed by atoms with Gasteiger partial charge in [-0.05, 0) is 106 Å². The van der Waals surface area contributed by atoms with E-state index >= 15 is 0 Å². The molecule has 0 amide bonds. The van der Waals surface area contributed by atoms with Gasteiger partial charge in [0.15, 0.2) is 24.5 Å². The molecule has 1 fully saturated rings. The van der Waals surface area contributed by atoms with Gasteiger partial charge in [-0.3, -0.25) is 19.2 Å². The molecule has 1 rings (SSSR count). The molecular formula is C28H46BrNO9. The first-order chi connectivity index (χ1) is 17.4. The van der Waals surface area contributed by atoms with Gasteiger partial charge in [0.1, 0.15) is 12.7 Å². The van der Waals surface area contributed by atoms with Gasteiger partial charge in [-0.2, -0.15) is 0 Å². The predicted octanol–water partition coefficient (Wildman–Crippen LogP) is 4.99. The van der Waals surface area contributed by atoms with Gasteiger partial charge in [0.2, 0.25) is 0 Å². The van der Waals surface area contributed by atoms with Gasteiger partial charge in [-0.25, -0.2) is 4.99 Å². The first-order valence-electron chi connectivity index (χ1n) is 13.0. The fourth-order valence-electron chi connectivity index (χ4n) is 2.99. The van der Waals surface area contributed by atoms with Crippen molar-refractivity contribution in [2.24, 2.45) is 26.7 Å². The van der Waals surface area contributed by atoms with Crippen LogP contribution in [0.4, 0.5) is 0 Å². The second kappa shape index (κ2) is 12.7. The number of rotatable bonds is 6. The van der Waals surface area contributed by atoms with Gasteiger partial charge >= 0.3 is 23.9 Å². The summed E-state index contributed by atoms with van der Waals surface area (Å²) >= 11 is 3.29. The van der Waals surface area contributed by atoms with Crippen LogP contribution in [0, 0.1) is 21.7 Å². The molecule has 11 heteroatoms. The van der Waals surface area contributed by atoms with Crippen molar-refractivity contribution < 1.29 is 42.9 Å². The number of carbonyl (C=O) groups excluding carboxylic acids is 4. The van der Waals surface area contributed by atoms with Crippen molar-refractivity contribution in [3.05, 3.63) is 0 Å². The van der Waals surface area contributed by atoms with Gasteiger partial charge in [0.05, 0.1) is 26.3 Å². The summed E-state index contributed by atoms with van der Waals surface area (Å²) < 4.78 is 29.8. The lowest BCUT2D eigenvalue weighted by molar-refractivity contribution is -0.258. The molecular weight excluding hydrogens is 574 g/mol. The molecule has 1 aliphatic rings. The lowest BCUT2D eigenvalue weighted by Gasteiger charge is -2.45. The Labute approximate surface area is 241 Å². The molecule has 0 aromatic carbocycles. The molecule has 1 saturated heterocycles. The monoisotopic (exact) mass is 619 g/mol. The van der Waals surface area contributed by atoms with Gasteiger partial charge in [0.25, 0.3) is 0 Å². The van der Waals surface area contributed by atoms with Gasteiger partial charge in [0, 0.05) is 0 Å². The molecule has 0 spiro atoms. The molecule has 39 heavy (non-hydrogen) atoms. The van der Waals surface area contributed by atoms with Crippen molar-refractivity contribution in [1.29, 1.82) is 0 Å². The molecule has 0 aromatic rings. The summed E-state index contributed by atoms with van der Waals surface area (Å²) in [6, 6.07) is 0. The lowest BCUT2D eigenvalue weighted by Crippen LogP contribution is -2.63. The Morgan fingerprint density at radius 2 is 1.00 bits per heavy atom. The molecule has 10 nitrogen and oxygen atoms in total. The van der Waals surface area contributed by atoms with Crippen LogP contribution in [0.2, 0.25) is 0 Å². The Morgan fingerprint density at radius 1 is 0.641 bits per heavy atom. The molecule has 0 N–H and O–H groups in total. The molecule has 0 bridgehead atoms. The SMILES string of the molecule is C/C(Br)=N/[C@@H]1OC(COC(=O)C(C)(C)C)[C@H](OC(=O)C(C)(C)C)C(OC(=O)C(C)(C)C)C1OC(=O)C(C)(C)C. The van der Waals surface area contributed by atoms with E-state index in [1.807, 2.05) is 0 Å². The average molecular weight is 621 g/mol. The van der Waals surface area contributed by atoms with E-state index in [-0.39, 0.29) is 6.61 Å². The van der Waals surface area contributed by atoms with Crippen LogP contribution in [0.15, 0.2) is 4.99 Å². The van der Waals surface area contributed by atoms with E-state index in [0.717, 1.165) is 0 Å². The Kier molecular flexibility index (Phi) is 11.4. The zero-order valence-electron chi connectivity index (χ0n) is 25.6. The van der Waals surface area contributed by atoms with E-state index in [0.29, 0.717) is 4.62 Å². The quantitative estimate of drug-likeness (QED) is 0.229. The first-order valence-corrected chi connectivity index (χ1v) is 13.8. The summed E-state index contributed by atoms with van der Waals surface area (Å²) in [4.78, 5) is 56.3. The van der Waals surface area contributed by atoms with Crippen LogP contribution < -0.4 is 0 Å². The van der Waals surface area contributed by atoms with Crippen LogP contribution in [0.25, 0.3) is 0 Å². The average Bonchev–Trinajstić information content (AvgIpc) is 2.72. The van der Waals surface area contributed by atoms with E-state index in [2.05, 4.69) is 20.9 Å². The minimum Gasteiger partial charge on any atom is -0.462 e. The summed E-state index contributed by atoms with van der Waals surface area (Å²) in [5, 5.41) is 0. The van der Waals surface area contributed by atoms with Crippen LogP contribution in [0.5, 0.6) is 0 Å². The number of halogens is 1. The summed E-state index contributed by atoms with van der Waals surface area (Å²) in [7, 11) is 0. The third kappa shape index (κ3) is 10.5. The minimum atomic E-state index is -1.32. The van der Waals surface area contributed by atoms with Gasteiger partial charge in [-0.1, -0.05) is 0 Å². The van der Waals surface area contributed by atoms with Crippen LogP contribution in [0.1, 0.15) is 90.0 Å². The van der Waals surface area contributed by atoms with Crippen LogP contribution >= 0.6 is 15.9 Å². The maximum atomic E-state index is 13.1. The van der Waals surface area contributed by atoms with Crippen LogP contribution in [-0.2, 0) is 42.9 Å². The van der Waals surface area contributed by atoms with Crippen molar-refractivity contribution in [3.63, 3.8) is 0 Å². The van der Waals surface area contributed by atoms with E-state index in [9.17, 15) is 19.2 Å². The molecule has 5 atom stereocenters. The zero-order valence-corrected chi connectivity index (χ0v) is 27.2. The Morgan fingerprint density at radius 3 is 1.36 bits per heavy atom. The molecule has 1 heterocycles. The summed E-state index contributed by atoms with van der Waals surface area (Å²) in [5.74, 6) is -2.33. The van der Waals surface area contributed by atoms with E-state index in [4.69, 9.17) is 23.7 Å². The highest BCUT2D eigenvalue weighted by atomic mass is 79.9. The number of carbonyl (C=O) groups is 4. The number of esters is 4. The van der Waals surface area contributed by atoms with Crippen molar-refractivity contribution in [3.8, 4) is 0 Å². The molecule has 3 unspecified atom stereocenters. The Hall–Kier alpha value is -2.01. The number of nitrogens with zero attached hydrogens (tertiary/aromatic N) is 1. The maximum absolute atomic E-state index is 13.1. The minimum absolute atomic E-state index is 0.324. The lowest BCUT2D eigenvalue weighted by atomic mass is 9.92. The van der Waals surface area contributed by atoms with Crippen molar-refractivity contribution in [1.82, 2.24) is 0 Å². The maximum Gasteiger partial charge on any atom is 0.311 e. The smallest absolute Gasteiger partial charge is 0.311 e. The largest absolute Gasteiger partial charge is 0.462 e. The second-order valence-electron chi connectivity index (χ2n) is 13.9. The Balaban J connectivity index is 3.73. The molecule has 1 aliphatic heterocycles. The molecule has 0 aliphatic carbocycles. The fraction of sp³-hybridized carbons (Fsp3) is 0.821. The van der Waals surface area contributed by atoms with Crippen LogP contribution in [0.3, 0.4) is 0 Å². The number of aliphatic imine (C=N–C) groups is 1. The third-order valence-corrected chi connectivity index (χ3v) is 5.68. The highest BCUT2D eigenvalue weighted by Gasteiger charge is 2.54. The first kappa shape index (κ1) is 35.0. The fourth-order valence-corrected chi connectivity index (χ4v) is 3.19. The van der Waals surface area contributed by atoms with Gasteiger partial charge < -0.3 is 23.7 Å². The number of ether oxygens (including phenoxy) is 5. The van der Waals surface area contributed by atoms with E-state index in [1.54, 1.807) is 90.0 Å². The molecule has 0 aromatic heterocycles. The summed E-state index contributed by atoms with van der Waals surface area (Å²) in [6.07, 6.45) is -6.14. The highest BCUT2D eigenvalue weighted by molar-refractivity contribution is 9.18. The van der Waals surface area contributed by atoms with Crippen molar-refractivity contribution in [2.75, 3.05) is 6.61 Å². The molecule has 0 saturated carbocycles. The van der Waals surface area contributed by atoms with Crippen molar-refractivity contribution >= 4 is 44.4 Å². The van der Waals surface area contributed by atoms with E-state index < -0.39 is 76.2 Å². The zero-order chi connectivity index (χ0) is 30.7. The standard InChI is InChI=1S/C28H46BrNO9/c1-15(29)30-20-19(39-24(34)28(11,12)13)18(38-23(33)27(8,9)10)17(37-22(32)26(5,6)7)16(36-20)14-35-21(31)25(2,3)4/h16-20H,14H2,1-13H3/b30-15-/t16?,17-,18?,19?,20+/m0/s1. The highest BCUT2D eigenvalue weighted by Crippen LogP contribution is 2.34. The molecule has 224 valence electrons. The summed E-state index contributed by atoms with van der Waals surface area (Å²) in [6.45, 7) is 21.5. The van der Waals surface area contributed by atoms with E-state index in [1.165, 1.54) is 0 Å². The third-order valence-electron chi connectivity index (χ3n) is 5.47. The Bertz CT molecular complexity index is 944. The van der Waals surface area contributed by atoms with Crippen molar-refractivity contribution in [2.45, 2.75) is 121 Å². The second-order valence-corrected chi connectivity index (χ2v) is 15.0.